The maximum absolute atomic E-state index is 13.6. The quantitative estimate of drug-likeness (QED) is 0.100. The van der Waals surface area contributed by atoms with Crippen LogP contribution < -0.4 is 19.7 Å². The number of aromatic nitrogens is 1. The summed E-state index contributed by atoms with van der Waals surface area (Å²) in [5, 5.41) is 7.77. The number of thiazole rings is 1. The van der Waals surface area contributed by atoms with Crippen LogP contribution in [0.25, 0.3) is 10.6 Å². The Morgan fingerprint density at radius 1 is 0.804 bits per heavy atom. The van der Waals surface area contributed by atoms with Crippen LogP contribution in [0.2, 0.25) is 0 Å². The Labute approximate surface area is 299 Å². The first-order valence-corrected chi connectivity index (χ1v) is 18.8. The summed E-state index contributed by atoms with van der Waals surface area (Å²) in [4.78, 5) is 30.3. The third-order valence-electron chi connectivity index (χ3n) is 6.98. The fourth-order valence-corrected chi connectivity index (χ4v) is 6.69. The van der Waals surface area contributed by atoms with E-state index in [1.807, 2.05) is 65.4 Å². The van der Waals surface area contributed by atoms with Gasteiger partial charge in [-0.25, -0.2) is 14.1 Å². The Bertz CT molecular complexity index is 2070. The van der Waals surface area contributed by atoms with Crippen molar-refractivity contribution in [1.29, 1.82) is 0 Å². The highest BCUT2D eigenvalue weighted by molar-refractivity contribution is 7.87. The SMILES string of the molecule is COC(=O)N[C@@H](Cc1ccccc1)C(=O)N[C@@H](CN(c1ccccc1)S(=O)(=O)O)c1csc(-c2ccccc2)n1.O=S(=O)(O)Nc1ccccc1. The van der Waals surface area contributed by atoms with E-state index in [1.165, 1.54) is 42.7 Å². The number of benzene rings is 4. The first kappa shape index (κ1) is 38.5. The molecule has 2 atom stereocenters. The Kier molecular flexibility index (Phi) is 13.6. The Balaban J connectivity index is 0.000000452. The summed E-state index contributed by atoms with van der Waals surface area (Å²) in [7, 11) is -7.66. The molecule has 0 radical (unpaired) electrons. The minimum atomic E-state index is -4.73. The molecule has 14 nitrogen and oxygen atoms in total. The van der Waals surface area contributed by atoms with Gasteiger partial charge in [0.15, 0.2) is 0 Å². The van der Waals surface area contributed by atoms with E-state index in [2.05, 4.69) is 15.6 Å². The minimum absolute atomic E-state index is 0.154. The molecule has 5 rings (SSSR count). The molecule has 0 fully saturated rings. The second-order valence-corrected chi connectivity index (χ2v) is 14.0. The van der Waals surface area contributed by atoms with Gasteiger partial charge >= 0.3 is 26.7 Å². The minimum Gasteiger partial charge on any atom is -0.453 e. The molecule has 0 saturated heterocycles. The topological polar surface area (TPSA) is 204 Å². The van der Waals surface area contributed by atoms with Crippen LogP contribution in [0.5, 0.6) is 0 Å². The predicted octanol–water partition coefficient (Wildman–Crippen LogP) is 5.15. The second-order valence-electron chi connectivity index (χ2n) is 10.7. The van der Waals surface area contributed by atoms with Crippen molar-refractivity contribution in [2.24, 2.45) is 0 Å². The molecule has 0 aliphatic carbocycles. The summed E-state index contributed by atoms with van der Waals surface area (Å²) in [5.41, 5.74) is 2.58. The lowest BCUT2D eigenvalue weighted by atomic mass is 10.0. The average Bonchev–Trinajstić information content (AvgIpc) is 3.61. The van der Waals surface area contributed by atoms with Crippen molar-refractivity contribution in [2.45, 2.75) is 18.5 Å². The number of nitrogens with one attached hydrogen (secondary N) is 3. The number of methoxy groups -OCH3 is 1. The lowest BCUT2D eigenvalue weighted by Gasteiger charge is -2.28. The first-order valence-electron chi connectivity index (χ1n) is 15.1. The van der Waals surface area contributed by atoms with Crippen LogP contribution in [-0.2, 0) is 36.6 Å². The van der Waals surface area contributed by atoms with Gasteiger partial charge in [-0.3, -0.25) is 18.6 Å². The number of hydrogen-bond acceptors (Lipinski definition) is 9. The van der Waals surface area contributed by atoms with Crippen LogP contribution in [0.3, 0.4) is 0 Å². The monoisotopic (exact) mass is 753 g/mol. The average molecular weight is 754 g/mol. The molecule has 0 spiro atoms. The van der Waals surface area contributed by atoms with Gasteiger partial charge in [-0.2, -0.15) is 16.8 Å². The van der Waals surface area contributed by atoms with E-state index in [-0.39, 0.29) is 18.7 Å². The zero-order chi connectivity index (χ0) is 36.9. The summed E-state index contributed by atoms with van der Waals surface area (Å²) in [5.74, 6) is -0.586. The van der Waals surface area contributed by atoms with Crippen LogP contribution in [-0.4, -0.2) is 62.6 Å². The molecular formula is C34H35N5O9S3. The fourth-order valence-electron chi connectivity index (χ4n) is 4.65. The molecule has 5 N–H and O–H groups in total. The molecule has 268 valence electrons. The molecule has 0 aliphatic heterocycles. The Morgan fingerprint density at radius 3 is 1.90 bits per heavy atom. The summed E-state index contributed by atoms with van der Waals surface area (Å²) < 4.78 is 71.2. The highest BCUT2D eigenvalue weighted by Crippen LogP contribution is 2.28. The number of ether oxygens (including phenoxy) is 1. The fraction of sp³-hybridized carbons (Fsp3) is 0.147. The van der Waals surface area contributed by atoms with E-state index in [4.69, 9.17) is 9.29 Å². The van der Waals surface area contributed by atoms with Crippen molar-refractivity contribution in [2.75, 3.05) is 22.7 Å². The molecule has 0 unspecified atom stereocenters. The van der Waals surface area contributed by atoms with E-state index in [0.717, 1.165) is 15.4 Å². The lowest BCUT2D eigenvalue weighted by molar-refractivity contribution is -0.123. The standard InChI is InChI=1S/C28H28N4O6S2.C6H7NO3S/c1-38-28(34)31-23(17-20-11-5-2-6-12-20)26(33)29-24(18-32(40(35,36)37)22-15-9-4-10-16-22)25-19-39-27(30-25)21-13-7-3-8-14-21;8-11(9,10)7-6-4-2-1-3-5-6/h2-16,19,23-24H,17-18H2,1H3,(H,29,33)(H,31,34)(H,35,36,37);1-5,7H,(H,8,9,10)/t23-,24-;/m0./s1. The number of carbonyl (C=O) groups excluding carboxylic acids is 2. The van der Waals surface area contributed by atoms with Crippen LogP contribution in [0.1, 0.15) is 17.3 Å². The van der Waals surface area contributed by atoms with E-state index in [9.17, 15) is 31.0 Å². The van der Waals surface area contributed by atoms with Crippen molar-refractivity contribution < 1.29 is 40.3 Å². The van der Waals surface area contributed by atoms with Crippen molar-refractivity contribution in [3.63, 3.8) is 0 Å². The summed E-state index contributed by atoms with van der Waals surface area (Å²) in [6.45, 7) is -0.358. The maximum Gasteiger partial charge on any atom is 0.407 e. The highest BCUT2D eigenvalue weighted by atomic mass is 32.2. The molecule has 1 aromatic heterocycles. The van der Waals surface area contributed by atoms with Gasteiger partial charge in [0.2, 0.25) is 5.91 Å². The Morgan fingerprint density at radius 2 is 1.35 bits per heavy atom. The van der Waals surface area contributed by atoms with Gasteiger partial charge in [0.05, 0.1) is 36.8 Å². The van der Waals surface area contributed by atoms with Crippen molar-refractivity contribution in [3.05, 3.63) is 138 Å². The van der Waals surface area contributed by atoms with Crippen molar-refractivity contribution in [1.82, 2.24) is 15.6 Å². The molecule has 1 heterocycles. The highest BCUT2D eigenvalue weighted by Gasteiger charge is 2.30. The largest absolute Gasteiger partial charge is 0.453 e. The zero-order valence-corrected chi connectivity index (χ0v) is 29.5. The number of anilines is 2. The molecule has 4 aromatic carbocycles. The second kappa shape index (κ2) is 18.1. The molecule has 51 heavy (non-hydrogen) atoms. The third-order valence-corrected chi connectivity index (χ3v) is 9.30. The number of amides is 2. The molecule has 0 aliphatic rings. The predicted molar refractivity (Wildman–Crippen MR) is 195 cm³/mol. The number of rotatable bonds is 13. The molecular weight excluding hydrogens is 719 g/mol. The number of nitrogens with zero attached hydrogens (tertiary/aromatic N) is 2. The van der Waals surface area contributed by atoms with E-state index in [0.29, 0.717) is 16.4 Å². The lowest BCUT2D eigenvalue weighted by Crippen LogP contribution is -2.50. The number of alkyl carbamates (subject to hydrolysis) is 1. The van der Waals surface area contributed by atoms with Crippen LogP contribution in [0.4, 0.5) is 16.2 Å². The van der Waals surface area contributed by atoms with Gasteiger partial charge < -0.3 is 15.4 Å². The van der Waals surface area contributed by atoms with Crippen LogP contribution in [0.15, 0.2) is 127 Å². The van der Waals surface area contributed by atoms with Gasteiger partial charge in [-0.05, 0) is 29.8 Å². The van der Waals surface area contributed by atoms with E-state index < -0.39 is 44.7 Å². The normalized spacial score (nSPS) is 12.3. The third kappa shape index (κ3) is 12.5. The number of carbonyl (C=O) groups is 2. The zero-order valence-electron chi connectivity index (χ0n) is 27.1. The number of hydrogen-bond donors (Lipinski definition) is 5. The first-order chi connectivity index (χ1) is 24.3. The Hall–Kier alpha value is -5.33. The maximum atomic E-state index is 13.6. The molecule has 5 aromatic rings. The van der Waals surface area contributed by atoms with Gasteiger partial charge in [0, 0.05) is 17.4 Å². The molecule has 2 amide bonds. The molecule has 0 bridgehead atoms. The van der Waals surface area contributed by atoms with Gasteiger partial charge in [-0.15, -0.1) is 11.3 Å². The molecule has 17 heteroatoms. The summed E-state index contributed by atoms with van der Waals surface area (Å²) in [6.07, 6.45) is -0.641. The van der Waals surface area contributed by atoms with Gasteiger partial charge in [-0.1, -0.05) is 97.1 Å². The van der Waals surface area contributed by atoms with Crippen molar-refractivity contribution >= 4 is 55.3 Å². The summed E-state index contributed by atoms with van der Waals surface area (Å²) in [6, 6.07) is 32.7. The smallest absolute Gasteiger partial charge is 0.407 e. The van der Waals surface area contributed by atoms with Crippen LogP contribution >= 0.6 is 11.3 Å². The van der Waals surface area contributed by atoms with Crippen molar-refractivity contribution in [3.8, 4) is 10.6 Å². The van der Waals surface area contributed by atoms with Crippen LogP contribution in [0, 0.1) is 0 Å². The van der Waals surface area contributed by atoms with E-state index in [1.54, 1.807) is 41.8 Å². The summed E-state index contributed by atoms with van der Waals surface area (Å²) >= 11 is 1.33. The molecule has 0 saturated carbocycles. The van der Waals surface area contributed by atoms with Gasteiger partial charge in [0.25, 0.3) is 0 Å². The number of para-hydroxylation sites is 2. The van der Waals surface area contributed by atoms with Gasteiger partial charge in [0.1, 0.15) is 11.0 Å². The van der Waals surface area contributed by atoms with E-state index >= 15 is 0 Å².